The molecule has 0 spiro atoms. The first-order valence-electron chi connectivity index (χ1n) is 6.36. The summed E-state index contributed by atoms with van der Waals surface area (Å²) in [6.07, 6.45) is 3.15. The third-order valence-electron chi connectivity index (χ3n) is 3.31. The number of hydrogen-bond acceptors (Lipinski definition) is 5. The number of aliphatic hydroxyl groups excluding tert-OH is 1. The molecule has 1 aromatic heterocycles. The number of ether oxygens (including phenoxy) is 1. The van der Waals surface area contributed by atoms with Gasteiger partial charge in [-0.2, -0.15) is 0 Å². The predicted molar refractivity (Wildman–Crippen MR) is 70.2 cm³/mol. The highest BCUT2D eigenvalue weighted by Gasteiger charge is 2.23. The number of nitrogens with zero attached hydrogens (tertiary/aromatic N) is 3. The summed E-state index contributed by atoms with van der Waals surface area (Å²) in [5.74, 6) is 0.480. The minimum absolute atomic E-state index is 0.0251. The fourth-order valence-electron chi connectivity index (χ4n) is 2.21. The molecule has 104 valence electrons. The zero-order valence-electron chi connectivity index (χ0n) is 11.1. The van der Waals surface area contributed by atoms with Crippen LogP contribution in [0.3, 0.4) is 0 Å². The number of hydrogen-bond donors (Lipinski definition) is 1. The van der Waals surface area contributed by atoms with Crippen LogP contribution in [0.5, 0.6) is 5.75 Å². The molecule has 1 saturated heterocycles. The van der Waals surface area contributed by atoms with E-state index in [0.717, 1.165) is 13.1 Å². The van der Waals surface area contributed by atoms with Crippen molar-refractivity contribution in [1.82, 2.24) is 14.8 Å². The molecule has 2 rings (SSSR count). The molecule has 1 amide bonds. The number of amides is 1. The van der Waals surface area contributed by atoms with Crippen molar-refractivity contribution in [3.63, 3.8) is 0 Å². The lowest BCUT2D eigenvalue weighted by Gasteiger charge is -2.34. The van der Waals surface area contributed by atoms with Gasteiger partial charge in [-0.05, 0) is 6.07 Å². The largest absolute Gasteiger partial charge is 0.494 e. The van der Waals surface area contributed by atoms with E-state index in [2.05, 4.69) is 9.88 Å². The molecular formula is C13H19N3O3. The Kier molecular flexibility index (Phi) is 4.70. The molecule has 1 N–H and O–H groups in total. The predicted octanol–water partition coefficient (Wildman–Crippen LogP) is -0.160. The van der Waals surface area contributed by atoms with Crippen LogP contribution in [-0.2, 0) is 0 Å². The highest BCUT2D eigenvalue weighted by Crippen LogP contribution is 2.18. The minimum Gasteiger partial charge on any atom is -0.494 e. The molecule has 1 fully saturated rings. The van der Waals surface area contributed by atoms with E-state index < -0.39 is 0 Å². The SMILES string of the molecule is COc1cnccc1C(=O)N1CCN(CCO)CC1. The summed E-state index contributed by atoms with van der Waals surface area (Å²) in [4.78, 5) is 20.3. The number of β-amino-alcohol motifs (C(OH)–C–C–N with tert-alkyl or cyclic N) is 1. The van der Waals surface area contributed by atoms with Crippen molar-refractivity contribution < 1.29 is 14.6 Å². The van der Waals surface area contributed by atoms with Crippen molar-refractivity contribution >= 4 is 5.91 Å². The van der Waals surface area contributed by atoms with E-state index in [-0.39, 0.29) is 12.5 Å². The Balaban J connectivity index is 2.01. The number of carbonyl (C=O) groups excluding carboxylic acids is 1. The Morgan fingerprint density at radius 3 is 2.79 bits per heavy atom. The maximum absolute atomic E-state index is 12.4. The van der Waals surface area contributed by atoms with Gasteiger partial charge in [0.2, 0.25) is 0 Å². The molecule has 1 aliphatic rings. The first-order chi connectivity index (χ1) is 9.26. The van der Waals surface area contributed by atoms with Crippen LogP contribution in [0, 0.1) is 0 Å². The first-order valence-corrected chi connectivity index (χ1v) is 6.36. The Morgan fingerprint density at radius 2 is 2.16 bits per heavy atom. The van der Waals surface area contributed by atoms with Crippen molar-refractivity contribution in [2.75, 3.05) is 46.4 Å². The van der Waals surface area contributed by atoms with Gasteiger partial charge in [0, 0.05) is 38.9 Å². The van der Waals surface area contributed by atoms with Gasteiger partial charge in [-0.15, -0.1) is 0 Å². The average molecular weight is 265 g/mol. The van der Waals surface area contributed by atoms with Gasteiger partial charge >= 0.3 is 0 Å². The monoisotopic (exact) mass is 265 g/mol. The van der Waals surface area contributed by atoms with Gasteiger partial charge in [-0.25, -0.2) is 0 Å². The van der Waals surface area contributed by atoms with Crippen LogP contribution in [-0.4, -0.2) is 72.2 Å². The standard InChI is InChI=1S/C13H19N3O3/c1-19-12-10-14-3-2-11(12)13(18)16-6-4-15(5-7-16)8-9-17/h2-3,10,17H,4-9H2,1H3. The fourth-order valence-corrected chi connectivity index (χ4v) is 2.21. The van der Waals surface area contributed by atoms with Crippen LogP contribution in [0.25, 0.3) is 0 Å². The molecule has 19 heavy (non-hydrogen) atoms. The van der Waals surface area contributed by atoms with Crippen LogP contribution in [0.4, 0.5) is 0 Å². The van der Waals surface area contributed by atoms with E-state index in [4.69, 9.17) is 9.84 Å². The summed E-state index contributed by atoms with van der Waals surface area (Å²) in [5.41, 5.74) is 0.549. The number of aliphatic hydroxyl groups is 1. The lowest BCUT2D eigenvalue weighted by molar-refractivity contribution is 0.0612. The summed E-state index contributed by atoms with van der Waals surface area (Å²) < 4.78 is 5.16. The minimum atomic E-state index is -0.0251. The molecule has 6 heteroatoms. The number of rotatable bonds is 4. The maximum atomic E-state index is 12.4. The molecule has 0 atom stereocenters. The van der Waals surface area contributed by atoms with Crippen molar-refractivity contribution in [3.05, 3.63) is 24.0 Å². The topological polar surface area (TPSA) is 65.9 Å². The summed E-state index contributed by atoms with van der Waals surface area (Å²) in [6, 6.07) is 1.68. The molecule has 0 aromatic carbocycles. The molecule has 2 heterocycles. The van der Waals surface area contributed by atoms with Crippen LogP contribution in [0.1, 0.15) is 10.4 Å². The maximum Gasteiger partial charge on any atom is 0.257 e. The van der Waals surface area contributed by atoms with Crippen molar-refractivity contribution in [3.8, 4) is 5.75 Å². The van der Waals surface area contributed by atoms with Crippen molar-refractivity contribution in [2.45, 2.75) is 0 Å². The Bertz CT molecular complexity index is 431. The molecule has 6 nitrogen and oxygen atoms in total. The molecule has 0 bridgehead atoms. The number of carbonyl (C=O) groups is 1. The molecule has 0 radical (unpaired) electrons. The Labute approximate surface area is 112 Å². The van der Waals surface area contributed by atoms with E-state index in [9.17, 15) is 4.79 Å². The second-order valence-corrected chi connectivity index (χ2v) is 4.43. The summed E-state index contributed by atoms with van der Waals surface area (Å²) in [6.45, 7) is 3.75. The highest BCUT2D eigenvalue weighted by molar-refractivity contribution is 5.96. The summed E-state index contributed by atoms with van der Waals surface area (Å²) in [5, 5.41) is 8.89. The lowest BCUT2D eigenvalue weighted by atomic mass is 10.2. The highest BCUT2D eigenvalue weighted by atomic mass is 16.5. The third-order valence-corrected chi connectivity index (χ3v) is 3.31. The summed E-state index contributed by atoms with van der Waals surface area (Å²) >= 11 is 0. The van der Waals surface area contributed by atoms with Crippen LogP contribution >= 0.6 is 0 Å². The zero-order chi connectivity index (χ0) is 13.7. The van der Waals surface area contributed by atoms with E-state index in [1.54, 1.807) is 18.5 Å². The van der Waals surface area contributed by atoms with Gasteiger partial charge in [0.15, 0.2) is 0 Å². The van der Waals surface area contributed by atoms with Gasteiger partial charge in [0.05, 0.1) is 25.5 Å². The van der Waals surface area contributed by atoms with E-state index in [1.165, 1.54) is 7.11 Å². The van der Waals surface area contributed by atoms with E-state index in [0.29, 0.717) is 30.9 Å². The average Bonchev–Trinajstić information content (AvgIpc) is 2.47. The fraction of sp³-hybridized carbons (Fsp3) is 0.538. The van der Waals surface area contributed by atoms with E-state index >= 15 is 0 Å². The Hall–Kier alpha value is -1.66. The summed E-state index contributed by atoms with van der Waals surface area (Å²) in [7, 11) is 1.53. The van der Waals surface area contributed by atoms with Crippen LogP contribution in [0.2, 0.25) is 0 Å². The second kappa shape index (κ2) is 6.49. The molecule has 1 aromatic rings. The lowest BCUT2D eigenvalue weighted by Crippen LogP contribution is -2.49. The number of piperazine rings is 1. The second-order valence-electron chi connectivity index (χ2n) is 4.43. The molecule has 0 unspecified atom stereocenters. The normalized spacial score (nSPS) is 16.4. The zero-order valence-corrected chi connectivity index (χ0v) is 11.1. The van der Waals surface area contributed by atoms with Crippen LogP contribution in [0.15, 0.2) is 18.5 Å². The third kappa shape index (κ3) is 3.21. The van der Waals surface area contributed by atoms with Crippen molar-refractivity contribution in [2.24, 2.45) is 0 Å². The van der Waals surface area contributed by atoms with Gasteiger partial charge in [-0.1, -0.05) is 0 Å². The number of pyridine rings is 1. The molecule has 1 aliphatic heterocycles. The molecular weight excluding hydrogens is 246 g/mol. The van der Waals surface area contributed by atoms with Crippen LogP contribution < -0.4 is 4.74 Å². The molecule has 0 aliphatic carbocycles. The van der Waals surface area contributed by atoms with Gasteiger partial charge < -0.3 is 14.7 Å². The van der Waals surface area contributed by atoms with E-state index in [1.807, 2.05) is 4.90 Å². The van der Waals surface area contributed by atoms with Gasteiger partial charge in [0.1, 0.15) is 5.75 Å². The Morgan fingerprint density at radius 1 is 1.42 bits per heavy atom. The van der Waals surface area contributed by atoms with Gasteiger partial charge in [0.25, 0.3) is 5.91 Å². The van der Waals surface area contributed by atoms with Gasteiger partial charge in [-0.3, -0.25) is 14.7 Å². The number of aromatic nitrogens is 1. The smallest absolute Gasteiger partial charge is 0.257 e. The van der Waals surface area contributed by atoms with Crippen molar-refractivity contribution in [1.29, 1.82) is 0 Å². The molecule has 0 saturated carbocycles. The quantitative estimate of drug-likeness (QED) is 0.819. The first kappa shape index (κ1) is 13.8. The number of methoxy groups -OCH3 is 1.